The van der Waals surface area contributed by atoms with Crippen LogP contribution in [0.4, 0.5) is 10.5 Å². The number of halogens is 1. The summed E-state index contributed by atoms with van der Waals surface area (Å²) in [6.45, 7) is 2.05. The number of benzene rings is 1. The monoisotopic (exact) mass is 352 g/mol. The summed E-state index contributed by atoms with van der Waals surface area (Å²) in [6.07, 6.45) is 0. The zero-order valence-corrected chi connectivity index (χ0v) is 12.7. The third-order valence-corrected chi connectivity index (χ3v) is 3.32. The number of furan rings is 1. The van der Waals surface area contributed by atoms with Crippen LogP contribution in [0.1, 0.15) is 21.9 Å². The second-order valence-corrected chi connectivity index (χ2v) is 5.22. The van der Waals surface area contributed by atoms with Gasteiger partial charge >= 0.3 is 12.0 Å². The number of hydrogen-bond acceptors (Lipinski definition) is 3. The van der Waals surface area contributed by atoms with Crippen molar-refractivity contribution in [3.63, 3.8) is 0 Å². The molecule has 2 amide bonds. The maximum atomic E-state index is 11.8. The van der Waals surface area contributed by atoms with Crippen molar-refractivity contribution >= 4 is 33.6 Å². The van der Waals surface area contributed by atoms with Gasteiger partial charge < -0.3 is 20.2 Å². The van der Waals surface area contributed by atoms with E-state index in [2.05, 4.69) is 26.6 Å². The number of carboxylic acid groups (broad SMARTS) is 1. The largest absolute Gasteiger partial charge is 0.475 e. The van der Waals surface area contributed by atoms with Gasteiger partial charge in [-0.3, -0.25) is 0 Å². The van der Waals surface area contributed by atoms with Crippen LogP contribution in [0.15, 0.2) is 39.2 Å². The minimum absolute atomic E-state index is 0.0998. The normalized spacial score (nSPS) is 10.2. The summed E-state index contributed by atoms with van der Waals surface area (Å²) >= 11 is 3.36. The van der Waals surface area contributed by atoms with Gasteiger partial charge in [-0.05, 0) is 52.7 Å². The fraction of sp³-hybridized carbons (Fsp3) is 0.143. The highest BCUT2D eigenvalue weighted by molar-refractivity contribution is 9.10. The quantitative estimate of drug-likeness (QED) is 0.786. The number of nitrogens with one attached hydrogen (secondary N) is 2. The Labute approximate surface area is 129 Å². The molecule has 0 saturated carbocycles. The summed E-state index contributed by atoms with van der Waals surface area (Å²) in [5, 5.41) is 14.0. The summed E-state index contributed by atoms with van der Waals surface area (Å²) in [5.74, 6) is -0.937. The third-order valence-electron chi connectivity index (χ3n) is 2.67. The van der Waals surface area contributed by atoms with Crippen molar-refractivity contribution in [2.24, 2.45) is 0 Å². The standard InChI is InChI=1S/C14H13BrN2O4/c1-8-2-4-11(10(15)6-8)17-14(20)16-7-9-3-5-12(21-9)13(18)19/h2-6H,7H2,1H3,(H,18,19)(H2,16,17,20). The number of anilines is 1. The Kier molecular flexibility index (Phi) is 4.64. The van der Waals surface area contributed by atoms with Crippen LogP contribution in [0.5, 0.6) is 0 Å². The molecule has 0 aliphatic heterocycles. The lowest BCUT2D eigenvalue weighted by Gasteiger charge is -2.08. The maximum absolute atomic E-state index is 11.8. The van der Waals surface area contributed by atoms with Crippen LogP contribution in [-0.2, 0) is 6.54 Å². The van der Waals surface area contributed by atoms with Gasteiger partial charge in [-0.25, -0.2) is 9.59 Å². The van der Waals surface area contributed by atoms with Crippen LogP contribution in [-0.4, -0.2) is 17.1 Å². The zero-order valence-electron chi connectivity index (χ0n) is 11.1. The summed E-state index contributed by atoms with van der Waals surface area (Å²) in [4.78, 5) is 22.4. The lowest BCUT2D eigenvalue weighted by atomic mass is 10.2. The molecular weight excluding hydrogens is 340 g/mol. The second-order valence-electron chi connectivity index (χ2n) is 4.36. The van der Waals surface area contributed by atoms with Crippen LogP contribution in [0.25, 0.3) is 0 Å². The van der Waals surface area contributed by atoms with Gasteiger partial charge in [-0.1, -0.05) is 6.07 Å². The molecule has 0 aliphatic rings. The lowest BCUT2D eigenvalue weighted by Crippen LogP contribution is -2.28. The van der Waals surface area contributed by atoms with Crippen molar-refractivity contribution in [2.75, 3.05) is 5.32 Å². The predicted octanol–water partition coefficient (Wildman–Crippen LogP) is 3.37. The van der Waals surface area contributed by atoms with E-state index in [4.69, 9.17) is 9.52 Å². The molecule has 1 aromatic heterocycles. The smallest absolute Gasteiger partial charge is 0.371 e. The molecule has 0 radical (unpaired) electrons. The molecule has 0 fully saturated rings. The maximum Gasteiger partial charge on any atom is 0.371 e. The molecule has 7 heteroatoms. The van der Waals surface area contributed by atoms with Gasteiger partial charge in [-0.15, -0.1) is 0 Å². The van der Waals surface area contributed by atoms with Gasteiger partial charge in [0.05, 0.1) is 12.2 Å². The minimum Gasteiger partial charge on any atom is -0.475 e. The highest BCUT2D eigenvalue weighted by Gasteiger charge is 2.10. The number of hydrogen-bond donors (Lipinski definition) is 3. The van der Waals surface area contributed by atoms with Crippen LogP contribution >= 0.6 is 15.9 Å². The highest BCUT2D eigenvalue weighted by atomic mass is 79.9. The molecule has 2 rings (SSSR count). The van der Waals surface area contributed by atoms with E-state index in [9.17, 15) is 9.59 Å². The molecule has 6 nitrogen and oxygen atoms in total. The van der Waals surface area contributed by atoms with E-state index < -0.39 is 12.0 Å². The number of rotatable bonds is 4. The third kappa shape index (κ3) is 4.09. The average molecular weight is 353 g/mol. The number of carboxylic acids is 1. The number of carbonyl (C=O) groups is 2. The van der Waals surface area contributed by atoms with Gasteiger partial charge in [0.1, 0.15) is 5.76 Å². The molecule has 110 valence electrons. The lowest BCUT2D eigenvalue weighted by molar-refractivity contribution is 0.0660. The average Bonchev–Trinajstić information content (AvgIpc) is 2.89. The number of aryl methyl sites for hydroxylation is 1. The van der Waals surface area contributed by atoms with Crippen molar-refractivity contribution in [3.8, 4) is 0 Å². The topological polar surface area (TPSA) is 91.6 Å². The Morgan fingerprint density at radius 1 is 1.29 bits per heavy atom. The molecule has 2 aromatic rings. The summed E-state index contributed by atoms with van der Waals surface area (Å²) in [7, 11) is 0. The van der Waals surface area contributed by atoms with Gasteiger partial charge in [0.2, 0.25) is 5.76 Å². The number of aromatic carboxylic acids is 1. The summed E-state index contributed by atoms with van der Waals surface area (Å²) < 4.78 is 5.82. The van der Waals surface area contributed by atoms with Crippen molar-refractivity contribution in [1.29, 1.82) is 0 Å². The summed E-state index contributed by atoms with van der Waals surface area (Å²) in [5.41, 5.74) is 1.72. The van der Waals surface area contributed by atoms with Crippen molar-refractivity contribution in [2.45, 2.75) is 13.5 Å². The molecule has 0 bridgehead atoms. The Morgan fingerprint density at radius 2 is 2.05 bits per heavy atom. The van der Waals surface area contributed by atoms with Crippen LogP contribution in [0.2, 0.25) is 0 Å². The minimum atomic E-state index is -1.14. The molecule has 3 N–H and O–H groups in total. The van der Waals surface area contributed by atoms with Gasteiger partial charge in [0, 0.05) is 4.47 Å². The molecule has 1 heterocycles. The first kappa shape index (κ1) is 15.1. The van der Waals surface area contributed by atoms with Crippen LogP contribution in [0.3, 0.4) is 0 Å². The number of amides is 2. The Morgan fingerprint density at radius 3 is 2.67 bits per heavy atom. The predicted molar refractivity (Wildman–Crippen MR) is 80.4 cm³/mol. The summed E-state index contributed by atoms with van der Waals surface area (Å²) in [6, 6.07) is 7.99. The van der Waals surface area contributed by atoms with Gasteiger partial charge in [0.25, 0.3) is 0 Å². The van der Waals surface area contributed by atoms with Crippen LogP contribution < -0.4 is 10.6 Å². The Hall–Kier alpha value is -2.28. The van der Waals surface area contributed by atoms with E-state index in [1.165, 1.54) is 12.1 Å². The first-order valence-corrected chi connectivity index (χ1v) is 6.88. The van der Waals surface area contributed by atoms with Crippen molar-refractivity contribution < 1.29 is 19.1 Å². The van der Waals surface area contributed by atoms with Crippen molar-refractivity contribution in [1.82, 2.24) is 5.32 Å². The number of carbonyl (C=O) groups excluding carboxylic acids is 1. The van der Waals surface area contributed by atoms with E-state index in [-0.39, 0.29) is 12.3 Å². The van der Waals surface area contributed by atoms with E-state index in [0.717, 1.165) is 10.0 Å². The van der Waals surface area contributed by atoms with E-state index in [1.54, 1.807) is 6.07 Å². The molecule has 0 unspecified atom stereocenters. The fourth-order valence-electron chi connectivity index (χ4n) is 1.64. The van der Waals surface area contributed by atoms with E-state index in [1.807, 2.05) is 19.1 Å². The second kappa shape index (κ2) is 6.45. The zero-order chi connectivity index (χ0) is 15.4. The highest BCUT2D eigenvalue weighted by Crippen LogP contribution is 2.23. The molecule has 0 spiro atoms. The van der Waals surface area contributed by atoms with Crippen LogP contribution in [0, 0.1) is 6.92 Å². The first-order chi connectivity index (χ1) is 9.95. The van der Waals surface area contributed by atoms with Gasteiger partial charge in [0.15, 0.2) is 0 Å². The SMILES string of the molecule is Cc1ccc(NC(=O)NCc2ccc(C(=O)O)o2)c(Br)c1. The molecule has 0 saturated heterocycles. The fourth-order valence-corrected chi connectivity index (χ4v) is 2.24. The molecule has 21 heavy (non-hydrogen) atoms. The van der Waals surface area contributed by atoms with Gasteiger partial charge in [-0.2, -0.15) is 0 Å². The van der Waals surface area contributed by atoms with E-state index >= 15 is 0 Å². The first-order valence-electron chi connectivity index (χ1n) is 6.08. The molecule has 1 aromatic carbocycles. The van der Waals surface area contributed by atoms with E-state index in [0.29, 0.717) is 11.4 Å². The number of urea groups is 1. The van der Waals surface area contributed by atoms with Crippen molar-refractivity contribution in [3.05, 3.63) is 51.9 Å². The molecular formula is C14H13BrN2O4. The Bertz CT molecular complexity index is 681. The Balaban J connectivity index is 1.91. The molecule has 0 aliphatic carbocycles. The molecule has 0 atom stereocenters.